The molecule has 0 spiro atoms. The van der Waals surface area contributed by atoms with Gasteiger partial charge in [-0.1, -0.05) is 18.2 Å². The molecule has 1 heterocycles. The number of phenolic OH excluding ortho intramolecular Hbond substituents is 1. The molecule has 12 heavy (non-hydrogen) atoms. The van der Waals surface area contributed by atoms with Crippen molar-refractivity contribution in [3.05, 3.63) is 36.5 Å². The number of phenols is 1. The van der Waals surface area contributed by atoms with Crippen molar-refractivity contribution in [1.29, 1.82) is 0 Å². The Labute approximate surface area is 104 Å². The van der Waals surface area contributed by atoms with Gasteiger partial charge in [0.1, 0.15) is 11.3 Å². The second kappa shape index (κ2) is 4.15. The number of hydrogen-bond donors (Lipinski definition) is 1. The smallest absolute Gasteiger partial charge is 0.141 e. The molecule has 0 atom stereocenters. The topological polar surface area (TPSA) is 33.1 Å². The summed E-state index contributed by atoms with van der Waals surface area (Å²) in [6.45, 7) is 0. The molecular formula is C9H7NOPr. The van der Waals surface area contributed by atoms with Crippen LogP contribution in [0.3, 0.4) is 0 Å². The van der Waals surface area contributed by atoms with E-state index in [1.807, 2.05) is 18.2 Å². The van der Waals surface area contributed by atoms with Gasteiger partial charge in [0.05, 0.1) is 0 Å². The molecule has 0 amide bonds. The first kappa shape index (κ1) is 9.88. The van der Waals surface area contributed by atoms with E-state index in [0.29, 0.717) is 5.52 Å². The Morgan fingerprint density at radius 2 is 1.83 bits per heavy atom. The maximum Gasteiger partial charge on any atom is 0.141 e. The minimum absolute atomic E-state index is 0. The number of aromatic nitrogens is 1. The molecule has 2 nitrogen and oxygen atoms in total. The number of nitrogens with zero attached hydrogens (tertiary/aromatic N) is 1. The SMILES string of the molecule is Oc1cccc2cccnc12.[Pr]. The largest absolute Gasteiger partial charge is 0.506 e. The summed E-state index contributed by atoms with van der Waals surface area (Å²) >= 11 is 0. The summed E-state index contributed by atoms with van der Waals surface area (Å²) in [6, 6.07) is 9.13. The van der Waals surface area contributed by atoms with Crippen molar-refractivity contribution in [2.45, 2.75) is 0 Å². The molecule has 3 heteroatoms. The molecule has 0 fully saturated rings. The minimum atomic E-state index is 0. The zero-order valence-electron chi connectivity index (χ0n) is 6.44. The van der Waals surface area contributed by atoms with Gasteiger partial charge in [0.25, 0.3) is 0 Å². The van der Waals surface area contributed by atoms with Crippen LogP contribution in [0.5, 0.6) is 5.75 Å². The van der Waals surface area contributed by atoms with E-state index >= 15 is 0 Å². The summed E-state index contributed by atoms with van der Waals surface area (Å²) in [7, 11) is 0. The van der Waals surface area contributed by atoms with Crippen LogP contribution in [-0.2, 0) is 0 Å². The molecule has 0 bridgehead atoms. The first-order chi connectivity index (χ1) is 5.38. The second-order valence-electron chi connectivity index (χ2n) is 2.35. The third-order valence-corrected chi connectivity index (χ3v) is 1.61. The van der Waals surface area contributed by atoms with Gasteiger partial charge in [0.15, 0.2) is 0 Å². The maximum atomic E-state index is 9.31. The number of hydrogen-bond acceptors (Lipinski definition) is 2. The van der Waals surface area contributed by atoms with E-state index in [1.165, 1.54) is 0 Å². The zero-order valence-corrected chi connectivity index (χ0v) is 10.1. The van der Waals surface area contributed by atoms with Crippen LogP contribution in [0.4, 0.5) is 0 Å². The van der Waals surface area contributed by atoms with E-state index < -0.39 is 0 Å². The molecule has 0 aliphatic heterocycles. The molecule has 2 rings (SSSR count). The van der Waals surface area contributed by atoms with Gasteiger partial charge in [0, 0.05) is 52.9 Å². The predicted octanol–water partition coefficient (Wildman–Crippen LogP) is 1.94. The number of aromatic hydroxyl groups is 1. The summed E-state index contributed by atoms with van der Waals surface area (Å²) in [5, 5.41) is 10.3. The van der Waals surface area contributed by atoms with Crippen LogP contribution in [0, 0.1) is 41.3 Å². The van der Waals surface area contributed by atoms with Crippen molar-refractivity contribution in [3.8, 4) is 5.75 Å². The monoisotopic (exact) mass is 286 g/mol. The third-order valence-electron chi connectivity index (χ3n) is 1.61. The molecule has 0 aliphatic rings. The molecule has 0 saturated carbocycles. The first-order valence-electron chi connectivity index (χ1n) is 3.40. The van der Waals surface area contributed by atoms with Gasteiger partial charge in [-0.2, -0.15) is 0 Å². The van der Waals surface area contributed by atoms with Crippen LogP contribution in [0.2, 0.25) is 0 Å². The standard InChI is InChI=1S/C9H7NO.Pr/c11-8-5-1-3-7-4-2-6-10-9(7)8;/h1-6,11H;. The van der Waals surface area contributed by atoms with Crippen LogP contribution < -0.4 is 0 Å². The van der Waals surface area contributed by atoms with Crippen molar-refractivity contribution in [3.63, 3.8) is 0 Å². The Hall–Kier alpha value is -0.206. The molecule has 1 aromatic heterocycles. The Morgan fingerprint density at radius 3 is 2.58 bits per heavy atom. The van der Waals surface area contributed by atoms with E-state index in [2.05, 4.69) is 4.98 Å². The van der Waals surface area contributed by atoms with Crippen LogP contribution in [0.15, 0.2) is 36.5 Å². The molecule has 1 aromatic carbocycles. The van der Waals surface area contributed by atoms with E-state index in [0.717, 1.165) is 5.39 Å². The van der Waals surface area contributed by atoms with E-state index in [9.17, 15) is 5.11 Å². The van der Waals surface area contributed by atoms with Crippen molar-refractivity contribution >= 4 is 10.9 Å². The number of rotatable bonds is 0. The van der Waals surface area contributed by atoms with Gasteiger partial charge in [0.2, 0.25) is 0 Å². The first-order valence-corrected chi connectivity index (χ1v) is 3.40. The minimum Gasteiger partial charge on any atom is -0.506 e. The van der Waals surface area contributed by atoms with Crippen molar-refractivity contribution in [1.82, 2.24) is 4.98 Å². The van der Waals surface area contributed by atoms with Gasteiger partial charge in [-0.15, -0.1) is 0 Å². The van der Waals surface area contributed by atoms with Gasteiger partial charge >= 0.3 is 0 Å². The van der Waals surface area contributed by atoms with Crippen LogP contribution in [-0.4, -0.2) is 10.1 Å². The van der Waals surface area contributed by atoms with E-state index in [-0.39, 0.29) is 47.0 Å². The van der Waals surface area contributed by atoms with E-state index in [4.69, 9.17) is 0 Å². The normalized spacial score (nSPS) is 9.33. The van der Waals surface area contributed by atoms with Crippen LogP contribution >= 0.6 is 0 Å². The van der Waals surface area contributed by atoms with Gasteiger partial charge in [-0.05, 0) is 12.1 Å². The van der Waals surface area contributed by atoms with Gasteiger partial charge in [-0.25, -0.2) is 0 Å². The van der Waals surface area contributed by atoms with Crippen molar-refractivity contribution < 1.29 is 46.4 Å². The summed E-state index contributed by atoms with van der Waals surface area (Å²) in [5.74, 6) is 0.239. The Bertz CT molecular complexity index is 384. The van der Waals surface area contributed by atoms with E-state index in [1.54, 1.807) is 18.3 Å². The summed E-state index contributed by atoms with van der Waals surface area (Å²) in [5.41, 5.74) is 0.662. The molecular weight excluding hydrogens is 279 g/mol. The summed E-state index contributed by atoms with van der Waals surface area (Å²) < 4.78 is 0. The second-order valence-corrected chi connectivity index (χ2v) is 2.35. The quantitative estimate of drug-likeness (QED) is 0.803. The maximum absolute atomic E-state index is 9.31. The molecule has 0 aliphatic carbocycles. The van der Waals surface area contributed by atoms with Crippen LogP contribution in [0.1, 0.15) is 0 Å². The fraction of sp³-hybridized carbons (Fsp3) is 0. The zero-order chi connectivity index (χ0) is 7.68. The third kappa shape index (κ3) is 1.75. The molecule has 57 valence electrons. The molecule has 1 radical (unpaired) electrons. The van der Waals surface area contributed by atoms with Crippen LogP contribution in [0.25, 0.3) is 10.9 Å². The number of pyridine rings is 1. The Balaban J connectivity index is 0.000000720. The van der Waals surface area contributed by atoms with Crippen molar-refractivity contribution in [2.24, 2.45) is 0 Å². The fourth-order valence-electron chi connectivity index (χ4n) is 1.09. The number of benzene rings is 1. The molecule has 1 N–H and O–H groups in total. The average Bonchev–Trinajstić information content (AvgIpc) is 2.06. The Kier molecular flexibility index (Phi) is 3.42. The van der Waals surface area contributed by atoms with Gasteiger partial charge in [-0.3, -0.25) is 4.98 Å². The average molecular weight is 286 g/mol. The predicted molar refractivity (Wildman–Crippen MR) is 43.4 cm³/mol. The molecule has 2 aromatic rings. The fourth-order valence-corrected chi connectivity index (χ4v) is 1.09. The number of para-hydroxylation sites is 1. The van der Waals surface area contributed by atoms with Crippen molar-refractivity contribution in [2.75, 3.05) is 0 Å². The summed E-state index contributed by atoms with van der Waals surface area (Å²) in [4.78, 5) is 4.03. The summed E-state index contributed by atoms with van der Waals surface area (Å²) in [6.07, 6.45) is 1.67. The van der Waals surface area contributed by atoms with Gasteiger partial charge < -0.3 is 5.11 Å². The Morgan fingerprint density at radius 1 is 1.08 bits per heavy atom. The number of fused-ring (bicyclic) bond motifs is 1. The molecule has 0 unspecified atom stereocenters. The molecule has 0 saturated heterocycles.